The standard InChI is InChI=1S/C10H10F2O/c1-2-3-7-4-9(11)8(6-13)10(12)5-7/h2,4-5,13H,1,3,6H2. The molecule has 0 saturated heterocycles. The van der Waals surface area contributed by atoms with Crippen molar-refractivity contribution < 1.29 is 13.9 Å². The predicted octanol–water partition coefficient (Wildman–Crippen LogP) is 2.19. The number of aliphatic hydroxyl groups is 1. The highest BCUT2D eigenvalue weighted by Crippen LogP contribution is 2.15. The summed E-state index contributed by atoms with van der Waals surface area (Å²) in [7, 11) is 0. The van der Waals surface area contributed by atoms with Gasteiger partial charge in [-0.2, -0.15) is 0 Å². The van der Waals surface area contributed by atoms with Crippen LogP contribution in [0.4, 0.5) is 8.78 Å². The molecular formula is C10H10F2O. The quantitative estimate of drug-likeness (QED) is 0.714. The van der Waals surface area contributed by atoms with E-state index in [4.69, 9.17) is 5.11 Å². The van der Waals surface area contributed by atoms with E-state index in [2.05, 4.69) is 6.58 Å². The van der Waals surface area contributed by atoms with E-state index in [-0.39, 0.29) is 5.56 Å². The maximum atomic E-state index is 13.0. The summed E-state index contributed by atoms with van der Waals surface area (Å²) in [5, 5.41) is 8.62. The van der Waals surface area contributed by atoms with Crippen LogP contribution in [-0.4, -0.2) is 5.11 Å². The molecule has 0 spiro atoms. The Morgan fingerprint density at radius 3 is 2.23 bits per heavy atom. The predicted molar refractivity (Wildman–Crippen MR) is 46.2 cm³/mol. The molecule has 0 bridgehead atoms. The number of allylic oxidation sites excluding steroid dienone is 1. The van der Waals surface area contributed by atoms with Crippen LogP contribution in [0.15, 0.2) is 24.8 Å². The van der Waals surface area contributed by atoms with E-state index in [1.807, 2.05) is 0 Å². The van der Waals surface area contributed by atoms with Crippen molar-refractivity contribution in [1.29, 1.82) is 0 Å². The summed E-state index contributed by atoms with van der Waals surface area (Å²) in [6.07, 6.45) is 1.98. The Bertz CT molecular complexity index is 298. The van der Waals surface area contributed by atoms with Crippen molar-refractivity contribution in [2.75, 3.05) is 0 Å². The lowest BCUT2D eigenvalue weighted by molar-refractivity contribution is 0.269. The average molecular weight is 184 g/mol. The minimum Gasteiger partial charge on any atom is -0.391 e. The van der Waals surface area contributed by atoms with Crippen LogP contribution >= 0.6 is 0 Å². The van der Waals surface area contributed by atoms with Gasteiger partial charge in [-0.05, 0) is 24.1 Å². The first-order valence-electron chi connectivity index (χ1n) is 3.87. The molecule has 70 valence electrons. The zero-order valence-electron chi connectivity index (χ0n) is 7.06. The van der Waals surface area contributed by atoms with Gasteiger partial charge in [0.15, 0.2) is 0 Å². The first-order chi connectivity index (χ1) is 6.19. The number of halogens is 2. The fourth-order valence-electron chi connectivity index (χ4n) is 1.09. The molecule has 0 aliphatic carbocycles. The van der Waals surface area contributed by atoms with Gasteiger partial charge in [0, 0.05) is 5.56 Å². The van der Waals surface area contributed by atoms with Crippen molar-refractivity contribution in [3.05, 3.63) is 47.5 Å². The largest absolute Gasteiger partial charge is 0.391 e. The molecule has 0 heterocycles. The second kappa shape index (κ2) is 4.14. The Labute approximate surface area is 75.3 Å². The maximum absolute atomic E-state index is 13.0. The van der Waals surface area contributed by atoms with Gasteiger partial charge in [0.2, 0.25) is 0 Å². The Morgan fingerprint density at radius 1 is 1.31 bits per heavy atom. The second-order valence-electron chi connectivity index (χ2n) is 2.69. The Morgan fingerprint density at radius 2 is 1.85 bits per heavy atom. The summed E-state index contributed by atoms with van der Waals surface area (Å²) < 4.78 is 26.0. The van der Waals surface area contributed by atoms with Gasteiger partial charge in [-0.3, -0.25) is 0 Å². The highest BCUT2D eigenvalue weighted by Gasteiger charge is 2.08. The van der Waals surface area contributed by atoms with Crippen molar-refractivity contribution in [2.24, 2.45) is 0 Å². The van der Waals surface area contributed by atoms with Crippen molar-refractivity contribution in [2.45, 2.75) is 13.0 Å². The van der Waals surface area contributed by atoms with Crippen LogP contribution < -0.4 is 0 Å². The van der Waals surface area contributed by atoms with Gasteiger partial charge in [-0.25, -0.2) is 8.78 Å². The maximum Gasteiger partial charge on any atom is 0.131 e. The van der Waals surface area contributed by atoms with Crippen LogP contribution in [0.3, 0.4) is 0 Å². The molecule has 0 unspecified atom stereocenters. The van der Waals surface area contributed by atoms with E-state index < -0.39 is 18.2 Å². The number of rotatable bonds is 3. The molecule has 0 amide bonds. The van der Waals surface area contributed by atoms with Crippen LogP contribution in [0.5, 0.6) is 0 Å². The molecule has 1 nitrogen and oxygen atoms in total. The van der Waals surface area contributed by atoms with Gasteiger partial charge in [0.25, 0.3) is 0 Å². The van der Waals surface area contributed by atoms with Crippen LogP contribution in [0, 0.1) is 11.6 Å². The van der Waals surface area contributed by atoms with Crippen LogP contribution in [-0.2, 0) is 13.0 Å². The molecule has 0 aliphatic heterocycles. The minimum absolute atomic E-state index is 0.284. The van der Waals surface area contributed by atoms with E-state index >= 15 is 0 Å². The van der Waals surface area contributed by atoms with Crippen molar-refractivity contribution in [3.63, 3.8) is 0 Å². The van der Waals surface area contributed by atoms with E-state index in [0.29, 0.717) is 12.0 Å². The zero-order chi connectivity index (χ0) is 9.84. The van der Waals surface area contributed by atoms with E-state index in [0.717, 1.165) is 0 Å². The van der Waals surface area contributed by atoms with E-state index in [1.54, 1.807) is 6.08 Å². The second-order valence-corrected chi connectivity index (χ2v) is 2.69. The number of benzene rings is 1. The Balaban J connectivity index is 3.12. The third-order valence-electron chi connectivity index (χ3n) is 1.74. The van der Waals surface area contributed by atoms with Gasteiger partial charge >= 0.3 is 0 Å². The molecule has 0 saturated carbocycles. The van der Waals surface area contributed by atoms with Crippen molar-refractivity contribution in [3.8, 4) is 0 Å². The molecule has 3 heteroatoms. The minimum atomic E-state index is -0.709. The lowest BCUT2D eigenvalue weighted by atomic mass is 10.1. The summed E-state index contributed by atoms with van der Waals surface area (Å²) in [6, 6.07) is 2.41. The molecule has 1 rings (SSSR count). The first kappa shape index (κ1) is 9.86. The highest BCUT2D eigenvalue weighted by molar-refractivity contribution is 5.26. The van der Waals surface area contributed by atoms with Crippen LogP contribution in [0.1, 0.15) is 11.1 Å². The van der Waals surface area contributed by atoms with E-state index in [9.17, 15) is 8.78 Å². The first-order valence-corrected chi connectivity index (χ1v) is 3.87. The van der Waals surface area contributed by atoms with Gasteiger partial charge in [-0.15, -0.1) is 6.58 Å². The molecule has 0 aliphatic rings. The summed E-state index contributed by atoms with van der Waals surface area (Å²) in [5.41, 5.74) is 0.231. The lowest BCUT2D eigenvalue weighted by Crippen LogP contribution is -1.97. The topological polar surface area (TPSA) is 20.2 Å². The average Bonchev–Trinajstić information content (AvgIpc) is 2.04. The molecule has 1 N–H and O–H groups in total. The molecule has 0 aromatic heterocycles. The van der Waals surface area contributed by atoms with Gasteiger partial charge < -0.3 is 5.11 Å². The van der Waals surface area contributed by atoms with Crippen LogP contribution in [0.25, 0.3) is 0 Å². The molecule has 0 radical (unpaired) electrons. The fraction of sp³-hybridized carbons (Fsp3) is 0.200. The lowest BCUT2D eigenvalue weighted by Gasteiger charge is -2.03. The Kier molecular flexibility index (Phi) is 3.14. The molecule has 0 fully saturated rings. The highest BCUT2D eigenvalue weighted by atomic mass is 19.1. The SMILES string of the molecule is C=CCc1cc(F)c(CO)c(F)c1. The zero-order valence-corrected chi connectivity index (χ0v) is 7.06. The Hall–Kier alpha value is -1.22. The third-order valence-corrected chi connectivity index (χ3v) is 1.74. The van der Waals surface area contributed by atoms with Gasteiger partial charge in [0.05, 0.1) is 6.61 Å². The van der Waals surface area contributed by atoms with Gasteiger partial charge in [-0.1, -0.05) is 6.08 Å². The molecule has 13 heavy (non-hydrogen) atoms. The van der Waals surface area contributed by atoms with Crippen LogP contribution in [0.2, 0.25) is 0 Å². The smallest absolute Gasteiger partial charge is 0.131 e. The van der Waals surface area contributed by atoms with E-state index in [1.165, 1.54) is 12.1 Å². The fourth-order valence-corrected chi connectivity index (χ4v) is 1.09. The van der Waals surface area contributed by atoms with Crippen molar-refractivity contribution >= 4 is 0 Å². The summed E-state index contributed by atoms with van der Waals surface area (Å²) in [5.74, 6) is -1.42. The number of hydrogen-bond acceptors (Lipinski definition) is 1. The molecule has 1 aromatic rings. The summed E-state index contributed by atoms with van der Waals surface area (Å²) >= 11 is 0. The molecule has 0 atom stereocenters. The molecular weight excluding hydrogens is 174 g/mol. The number of hydrogen-bond donors (Lipinski definition) is 1. The number of aliphatic hydroxyl groups excluding tert-OH is 1. The molecule has 1 aromatic carbocycles. The summed E-state index contributed by atoms with van der Waals surface area (Å²) in [4.78, 5) is 0. The van der Waals surface area contributed by atoms with Crippen molar-refractivity contribution in [1.82, 2.24) is 0 Å². The normalized spacial score (nSPS) is 10.1. The summed E-state index contributed by atoms with van der Waals surface area (Å²) in [6.45, 7) is 2.84. The monoisotopic (exact) mass is 184 g/mol. The third kappa shape index (κ3) is 2.12. The van der Waals surface area contributed by atoms with Gasteiger partial charge in [0.1, 0.15) is 11.6 Å².